The third kappa shape index (κ3) is 4.58. The molecule has 29 heavy (non-hydrogen) atoms. The second-order valence-electron chi connectivity index (χ2n) is 6.55. The monoisotopic (exact) mass is 494 g/mol. The number of hydrogen-bond acceptors (Lipinski definition) is 8. The number of anilines is 3. The Kier molecular flexibility index (Phi) is 5.81. The van der Waals surface area contributed by atoms with E-state index in [1.807, 2.05) is 25.1 Å². The summed E-state index contributed by atoms with van der Waals surface area (Å²) in [5.74, 6) is 2.12. The van der Waals surface area contributed by atoms with Crippen molar-refractivity contribution in [1.29, 1.82) is 0 Å². The normalized spacial score (nSPS) is 15.4. The zero-order valence-corrected chi connectivity index (χ0v) is 18.8. The lowest BCUT2D eigenvalue weighted by Gasteiger charge is -2.34. The van der Waals surface area contributed by atoms with Crippen molar-refractivity contribution in [2.24, 2.45) is 0 Å². The summed E-state index contributed by atoms with van der Waals surface area (Å²) >= 11 is 4.55. The van der Waals surface area contributed by atoms with Gasteiger partial charge in [-0.25, -0.2) is 23.4 Å². The van der Waals surface area contributed by atoms with Crippen LogP contribution >= 0.6 is 27.3 Å². The molecule has 0 unspecified atom stereocenters. The Bertz CT molecular complexity index is 1110. The van der Waals surface area contributed by atoms with Crippen LogP contribution in [0.15, 0.2) is 50.9 Å². The molecule has 0 bridgehead atoms. The summed E-state index contributed by atoms with van der Waals surface area (Å²) in [7, 11) is -3.46. The molecule has 0 atom stereocenters. The zero-order valence-electron chi connectivity index (χ0n) is 15.6. The average Bonchev–Trinajstić information content (AvgIpc) is 3.16. The molecule has 0 aromatic carbocycles. The molecule has 0 saturated carbocycles. The molecule has 0 aliphatic carbocycles. The molecule has 8 nitrogen and oxygen atoms in total. The van der Waals surface area contributed by atoms with Gasteiger partial charge in [0.05, 0.1) is 3.79 Å². The molecular formula is C18H19BrN6O2S2. The van der Waals surface area contributed by atoms with Crippen LogP contribution in [-0.2, 0) is 10.0 Å². The molecule has 0 radical (unpaired) electrons. The Labute approximate surface area is 181 Å². The van der Waals surface area contributed by atoms with E-state index in [4.69, 9.17) is 0 Å². The van der Waals surface area contributed by atoms with Crippen LogP contribution in [0, 0.1) is 6.92 Å². The number of aryl methyl sites for hydroxylation is 1. The predicted octanol–water partition coefficient (Wildman–Crippen LogP) is 3.26. The average molecular weight is 495 g/mol. The quantitative estimate of drug-likeness (QED) is 0.581. The van der Waals surface area contributed by atoms with Crippen molar-refractivity contribution in [1.82, 2.24) is 19.3 Å². The number of hydrogen-bond donors (Lipinski definition) is 1. The highest BCUT2D eigenvalue weighted by Crippen LogP contribution is 2.29. The highest BCUT2D eigenvalue weighted by atomic mass is 79.9. The minimum atomic E-state index is -3.46. The van der Waals surface area contributed by atoms with E-state index in [1.54, 1.807) is 18.3 Å². The van der Waals surface area contributed by atoms with Crippen molar-refractivity contribution in [3.05, 3.63) is 52.2 Å². The first-order valence-electron chi connectivity index (χ1n) is 8.94. The second-order valence-corrected chi connectivity index (χ2v) is 11.2. The molecule has 1 aliphatic rings. The van der Waals surface area contributed by atoms with Crippen molar-refractivity contribution in [3.63, 3.8) is 0 Å². The largest absolute Gasteiger partial charge is 0.354 e. The van der Waals surface area contributed by atoms with E-state index in [1.165, 1.54) is 22.0 Å². The fraction of sp³-hybridized carbons (Fsp3) is 0.278. The summed E-state index contributed by atoms with van der Waals surface area (Å²) in [4.78, 5) is 15.0. The maximum absolute atomic E-state index is 12.8. The summed E-state index contributed by atoms with van der Waals surface area (Å²) < 4.78 is 28.3. The SMILES string of the molecule is Cc1ccnc(Nc2cc(N3CCN(S(=O)(=O)c4ccc(Br)s4)CC3)ncn2)c1. The van der Waals surface area contributed by atoms with Gasteiger partial charge in [0.15, 0.2) is 0 Å². The fourth-order valence-electron chi connectivity index (χ4n) is 3.05. The van der Waals surface area contributed by atoms with E-state index in [0.717, 1.165) is 15.2 Å². The number of rotatable bonds is 5. The van der Waals surface area contributed by atoms with Gasteiger partial charge in [0.1, 0.15) is 28.0 Å². The lowest BCUT2D eigenvalue weighted by atomic mass is 10.3. The van der Waals surface area contributed by atoms with Gasteiger partial charge in [-0.15, -0.1) is 11.3 Å². The van der Waals surface area contributed by atoms with Crippen LogP contribution in [0.25, 0.3) is 0 Å². The number of pyridine rings is 1. The molecule has 1 fully saturated rings. The van der Waals surface area contributed by atoms with E-state index in [9.17, 15) is 8.42 Å². The third-order valence-electron chi connectivity index (χ3n) is 4.53. The van der Waals surface area contributed by atoms with Gasteiger partial charge in [0, 0.05) is 38.4 Å². The zero-order chi connectivity index (χ0) is 20.4. The van der Waals surface area contributed by atoms with Gasteiger partial charge in [0.2, 0.25) is 0 Å². The van der Waals surface area contributed by atoms with E-state index >= 15 is 0 Å². The molecule has 3 aromatic heterocycles. The topological polar surface area (TPSA) is 91.3 Å². The molecule has 4 rings (SSSR count). The Balaban J connectivity index is 1.43. The molecule has 3 aromatic rings. The van der Waals surface area contributed by atoms with Gasteiger partial charge in [0.25, 0.3) is 10.0 Å². The molecule has 152 valence electrons. The first-order chi connectivity index (χ1) is 13.9. The number of piperazine rings is 1. The van der Waals surface area contributed by atoms with E-state index in [-0.39, 0.29) is 0 Å². The third-order valence-corrected chi connectivity index (χ3v) is 8.52. The predicted molar refractivity (Wildman–Crippen MR) is 117 cm³/mol. The molecule has 1 aliphatic heterocycles. The van der Waals surface area contributed by atoms with Crippen LogP contribution in [-0.4, -0.2) is 53.9 Å². The fourth-order valence-corrected chi connectivity index (χ4v) is 6.63. The van der Waals surface area contributed by atoms with E-state index in [2.05, 4.69) is 41.1 Å². The Morgan fingerprint density at radius 1 is 1.03 bits per heavy atom. The van der Waals surface area contributed by atoms with Crippen LogP contribution in [0.2, 0.25) is 0 Å². The Morgan fingerprint density at radius 3 is 2.48 bits per heavy atom. The van der Waals surface area contributed by atoms with Gasteiger partial charge in [-0.05, 0) is 52.7 Å². The smallest absolute Gasteiger partial charge is 0.252 e. The van der Waals surface area contributed by atoms with Crippen LogP contribution in [0.1, 0.15) is 5.56 Å². The Morgan fingerprint density at radius 2 is 1.79 bits per heavy atom. The minimum absolute atomic E-state index is 0.358. The summed E-state index contributed by atoms with van der Waals surface area (Å²) in [6.45, 7) is 3.94. The van der Waals surface area contributed by atoms with Gasteiger partial charge >= 0.3 is 0 Å². The molecular weight excluding hydrogens is 476 g/mol. The van der Waals surface area contributed by atoms with Gasteiger partial charge in [-0.1, -0.05) is 0 Å². The molecule has 0 amide bonds. The van der Waals surface area contributed by atoms with Crippen molar-refractivity contribution in [2.45, 2.75) is 11.1 Å². The minimum Gasteiger partial charge on any atom is -0.354 e. The molecule has 4 heterocycles. The molecule has 0 spiro atoms. The highest BCUT2D eigenvalue weighted by molar-refractivity contribution is 9.11. The van der Waals surface area contributed by atoms with Crippen LogP contribution < -0.4 is 10.2 Å². The number of thiophene rings is 1. The summed E-state index contributed by atoms with van der Waals surface area (Å²) in [6.07, 6.45) is 3.24. The lowest BCUT2D eigenvalue weighted by molar-refractivity contribution is 0.385. The summed E-state index contributed by atoms with van der Waals surface area (Å²) in [5.41, 5.74) is 1.10. The molecule has 11 heteroatoms. The standard InChI is InChI=1S/C18H19BrN6O2S2/c1-13-4-5-20-15(10-13)23-16-11-17(22-12-21-16)24-6-8-25(9-7-24)29(26,27)18-3-2-14(19)28-18/h2-5,10-12H,6-9H2,1H3,(H,20,21,22,23). The lowest BCUT2D eigenvalue weighted by Crippen LogP contribution is -2.48. The van der Waals surface area contributed by atoms with Crippen LogP contribution in [0.3, 0.4) is 0 Å². The Hall–Kier alpha value is -2.08. The second kappa shape index (κ2) is 8.34. The van der Waals surface area contributed by atoms with Crippen molar-refractivity contribution >= 4 is 54.7 Å². The van der Waals surface area contributed by atoms with E-state index in [0.29, 0.717) is 42.0 Å². The maximum atomic E-state index is 12.8. The number of nitrogens with one attached hydrogen (secondary N) is 1. The van der Waals surface area contributed by atoms with Gasteiger partial charge in [-0.3, -0.25) is 0 Å². The van der Waals surface area contributed by atoms with Crippen molar-refractivity contribution in [2.75, 3.05) is 36.4 Å². The van der Waals surface area contributed by atoms with E-state index < -0.39 is 10.0 Å². The maximum Gasteiger partial charge on any atom is 0.252 e. The number of sulfonamides is 1. The van der Waals surface area contributed by atoms with Gasteiger partial charge < -0.3 is 10.2 Å². The molecule has 1 saturated heterocycles. The van der Waals surface area contributed by atoms with Gasteiger partial charge in [-0.2, -0.15) is 4.31 Å². The first-order valence-corrected chi connectivity index (χ1v) is 12.0. The van der Waals surface area contributed by atoms with Crippen LogP contribution in [0.5, 0.6) is 0 Å². The number of halogens is 1. The summed E-state index contributed by atoms with van der Waals surface area (Å²) in [6, 6.07) is 9.11. The molecule has 1 N–H and O–H groups in total. The first kappa shape index (κ1) is 20.2. The number of aromatic nitrogens is 3. The van der Waals surface area contributed by atoms with Crippen LogP contribution in [0.4, 0.5) is 17.5 Å². The summed E-state index contributed by atoms with van der Waals surface area (Å²) in [5, 5.41) is 3.18. The number of nitrogens with zero attached hydrogens (tertiary/aromatic N) is 5. The van der Waals surface area contributed by atoms with Crippen molar-refractivity contribution in [3.8, 4) is 0 Å². The highest BCUT2D eigenvalue weighted by Gasteiger charge is 2.30. The van der Waals surface area contributed by atoms with Crippen molar-refractivity contribution < 1.29 is 8.42 Å².